The summed E-state index contributed by atoms with van der Waals surface area (Å²) in [5.74, 6) is 0.859. The van der Waals surface area contributed by atoms with E-state index in [1.165, 1.54) is 5.56 Å². The molecule has 0 spiro atoms. The van der Waals surface area contributed by atoms with Crippen LogP contribution in [-0.2, 0) is 11.2 Å². The summed E-state index contributed by atoms with van der Waals surface area (Å²) < 4.78 is 11.0. The van der Waals surface area contributed by atoms with Crippen LogP contribution in [0.1, 0.15) is 32.8 Å². The van der Waals surface area contributed by atoms with Gasteiger partial charge in [-0.3, -0.25) is 0 Å². The largest absolute Gasteiger partial charge is 0.492 e. The van der Waals surface area contributed by atoms with E-state index in [4.69, 9.17) is 15.2 Å². The van der Waals surface area contributed by atoms with Gasteiger partial charge in [-0.05, 0) is 38.0 Å². The lowest BCUT2D eigenvalue weighted by Crippen LogP contribution is -2.48. The molecule has 0 aliphatic heterocycles. The average Bonchev–Trinajstić information content (AvgIpc) is 2.38. The minimum absolute atomic E-state index is 0.155. The first-order chi connectivity index (χ1) is 8.49. The van der Waals surface area contributed by atoms with Gasteiger partial charge >= 0.3 is 0 Å². The van der Waals surface area contributed by atoms with E-state index in [0.29, 0.717) is 6.61 Å². The molecule has 0 amide bonds. The lowest BCUT2D eigenvalue weighted by molar-refractivity contribution is -0.0109. The molecule has 0 saturated carbocycles. The number of rotatable bonds is 7. The fourth-order valence-electron chi connectivity index (χ4n) is 1.58. The van der Waals surface area contributed by atoms with Crippen LogP contribution < -0.4 is 10.5 Å². The smallest absolute Gasteiger partial charge is 0.119 e. The van der Waals surface area contributed by atoms with Crippen molar-refractivity contribution in [2.75, 3.05) is 13.7 Å². The van der Waals surface area contributed by atoms with Gasteiger partial charge in [0.15, 0.2) is 0 Å². The molecule has 3 heteroatoms. The zero-order valence-electron chi connectivity index (χ0n) is 11.9. The molecule has 102 valence electrons. The molecule has 0 bridgehead atoms. The SMILES string of the molecule is CCCc1ccc(OCC(N)C(C)(C)OC)cc1. The van der Waals surface area contributed by atoms with E-state index in [2.05, 4.69) is 19.1 Å². The maximum Gasteiger partial charge on any atom is 0.119 e. The summed E-state index contributed by atoms with van der Waals surface area (Å²) in [7, 11) is 1.67. The van der Waals surface area contributed by atoms with Crippen molar-refractivity contribution in [2.24, 2.45) is 5.73 Å². The van der Waals surface area contributed by atoms with Crippen LogP contribution in [0.2, 0.25) is 0 Å². The summed E-state index contributed by atoms with van der Waals surface area (Å²) in [5, 5.41) is 0. The number of aryl methyl sites for hydroxylation is 1. The van der Waals surface area contributed by atoms with Gasteiger partial charge in [0.2, 0.25) is 0 Å². The summed E-state index contributed by atoms with van der Waals surface area (Å²) in [6.07, 6.45) is 2.27. The van der Waals surface area contributed by atoms with Crippen molar-refractivity contribution in [1.29, 1.82) is 0 Å². The van der Waals surface area contributed by atoms with E-state index < -0.39 is 0 Å². The highest BCUT2D eigenvalue weighted by Gasteiger charge is 2.26. The van der Waals surface area contributed by atoms with Crippen molar-refractivity contribution in [2.45, 2.75) is 45.3 Å². The predicted molar refractivity (Wildman–Crippen MR) is 75.0 cm³/mol. The van der Waals surface area contributed by atoms with Gasteiger partial charge in [0.25, 0.3) is 0 Å². The number of hydrogen-bond donors (Lipinski definition) is 1. The number of nitrogens with two attached hydrogens (primary N) is 1. The first-order valence-electron chi connectivity index (χ1n) is 6.52. The molecule has 18 heavy (non-hydrogen) atoms. The molecular formula is C15H25NO2. The molecule has 1 atom stereocenters. The minimum atomic E-state index is -0.373. The van der Waals surface area contributed by atoms with E-state index in [1.54, 1.807) is 7.11 Å². The third-order valence-corrected chi connectivity index (χ3v) is 3.31. The van der Waals surface area contributed by atoms with Gasteiger partial charge < -0.3 is 15.2 Å². The Kier molecular flexibility index (Phi) is 5.63. The monoisotopic (exact) mass is 251 g/mol. The molecule has 0 fully saturated rings. The van der Waals surface area contributed by atoms with Crippen LogP contribution in [0.25, 0.3) is 0 Å². The number of methoxy groups -OCH3 is 1. The van der Waals surface area contributed by atoms with Crippen LogP contribution in [0.15, 0.2) is 24.3 Å². The lowest BCUT2D eigenvalue weighted by Gasteiger charge is -2.29. The van der Waals surface area contributed by atoms with E-state index in [-0.39, 0.29) is 11.6 Å². The average molecular weight is 251 g/mol. The van der Waals surface area contributed by atoms with Gasteiger partial charge in [-0.1, -0.05) is 25.5 Å². The van der Waals surface area contributed by atoms with Crippen LogP contribution in [0, 0.1) is 0 Å². The Balaban J connectivity index is 2.48. The molecule has 2 N–H and O–H groups in total. The fourth-order valence-corrected chi connectivity index (χ4v) is 1.58. The molecule has 0 radical (unpaired) electrons. The van der Waals surface area contributed by atoms with Crippen molar-refractivity contribution in [3.8, 4) is 5.75 Å². The van der Waals surface area contributed by atoms with Gasteiger partial charge in [-0.2, -0.15) is 0 Å². The topological polar surface area (TPSA) is 44.5 Å². The standard InChI is InChI=1S/C15H25NO2/c1-5-6-12-7-9-13(10-8-12)18-11-14(16)15(2,3)17-4/h7-10,14H,5-6,11,16H2,1-4H3. The van der Waals surface area contributed by atoms with Crippen molar-refractivity contribution < 1.29 is 9.47 Å². The summed E-state index contributed by atoms with van der Waals surface area (Å²) in [6.45, 7) is 6.56. The summed E-state index contributed by atoms with van der Waals surface area (Å²) in [5.41, 5.74) is 7.00. The Morgan fingerprint density at radius 1 is 1.22 bits per heavy atom. The quantitative estimate of drug-likeness (QED) is 0.810. The number of ether oxygens (including phenoxy) is 2. The highest BCUT2D eigenvalue weighted by atomic mass is 16.5. The minimum Gasteiger partial charge on any atom is -0.492 e. The predicted octanol–water partition coefficient (Wildman–Crippen LogP) is 2.77. The van der Waals surface area contributed by atoms with Gasteiger partial charge in [0.05, 0.1) is 11.6 Å². The molecule has 0 aliphatic carbocycles. The van der Waals surface area contributed by atoms with Gasteiger partial charge in [0.1, 0.15) is 12.4 Å². The number of benzene rings is 1. The Morgan fingerprint density at radius 2 is 1.83 bits per heavy atom. The van der Waals surface area contributed by atoms with Crippen LogP contribution in [0.3, 0.4) is 0 Å². The second-order valence-corrected chi connectivity index (χ2v) is 5.12. The molecule has 1 aromatic carbocycles. The molecular weight excluding hydrogens is 226 g/mol. The molecule has 0 aliphatic rings. The van der Waals surface area contributed by atoms with Gasteiger partial charge in [-0.25, -0.2) is 0 Å². The molecule has 0 heterocycles. The Bertz CT molecular complexity index is 346. The summed E-state index contributed by atoms with van der Waals surface area (Å²) in [4.78, 5) is 0. The van der Waals surface area contributed by atoms with E-state index >= 15 is 0 Å². The van der Waals surface area contributed by atoms with Gasteiger partial charge in [-0.15, -0.1) is 0 Å². The van der Waals surface area contributed by atoms with Crippen molar-refractivity contribution in [3.63, 3.8) is 0 Å². The highest BCUT2D eigenvalue weighted by molar-refractivity contribution is 5.27. The Labute approximate surface area is 110 Å². The Hall–Kier alpha value is -1.06. The normalized spacial score (nSPS) is 13.4. The van der Waals surface area contributed by atoms with Crippen molar-refractivity contribution in [1.82, 2.24) is 0 Å². The van der Waals surface area contributed by atoms with Crippen LogP contribution in [-0.4, -0.2) is 25.4 Å². The van der Waals surface area contributed by atoms with E-state index in [0.717, 1.165) is 18.6 Å². The van der Waals surface area contributed by atoms with Crippen LogP contribution in [0.5, 0.6) is 5.75 Å². The van der Waals surface area contributed by atoms with E-state index in [9.17, 15) is 0 Å². The lowest BCUT2D eigenvalue weighted by atomic mass is 10.0. The highest BCUT2D eigenvalue weighted by Crippen LogP contribution is 2.16. The van der Waals surface area contributed by atoms with Gasteiger partial charge in [0, 0.05) is 7.11 Å². The summed E-state index contributed by atoms with van der Waals surface area (Å²) in [6, 6.07) is 8.05. The van der Waals surface area contributed by atoms with Crippen molar-refractivity contribution >= 4 is 0 Å². The zero-order chi connectivity index (χ0) is 13.6. The molecule has 3 nitrogen and oxygen atoms in total. The first kappa shape index (κ1) is 15.0. The maximum absolute atomic E-state index is 6.04. The number of hydrogen-bond acceptors (Lipinski definition) is 3. The van der Waals surface area contributed by atoms with E-state index in [1.807, 2.05) is 26.0 Å². The summed E-state index contributed by atoms with van der Waals surface area (Å²) >= 11 is 0. The molecule has 1 rings (SSSR count). The van der Waals surface area contributed by atoms with Crippen LogP contribution in [0.4, 0.5) is 0 Å². The molecule has 1 unspecified atom stereocenters. The van der Waals surface area contributed by atoms with Crippen molar-refractivity contribution in [3.05, 3.63) is 29.8 Å². The second-order valence-electron chi connectivity index (χ2n) is 5.12. The third-order valence-electron chi connectivity index (χ3n) is 3.31. The second kappa shape index (κ2) is 6.76. The molecule has 1 aromatic rings. The first-order valence-corrected chi connectivity index (χ1v) is 6.52. The third kappa shape index (κ3) is 4.31. The zero-order valence-corrected chi connectivity index (χ0v) is 11.9. The molecule has 0 saturated heterocycles. The van der Waals surface area contributed by atoms with Crippen LogP contribution >= 0.6 is 0 Å². The maximum atomic E-state index is 6.04. The molecule has 0 aromatic heterocycles. The fraction of sp³-hybridized carbons (Fsp3) is 0.600. The Morgan fingerprint density at radius 3 is 2.33 bits per heavy atom.